The van der Waals surface area contributed by atoms with Crippen LogP contribution in [-0.2, 0) is 6.54 Å². The van der Waals surface area contributed by atoms with Crippen LogP contribution >= 0.6 is 11.3 Å². The molecule has 1 atom stereocenters. The van der Waals surface area contributed by atoms with Gasteiger partial charge in [0.25, 0.3) is 0 Å². The lowest BCUT2D eigenvalue weighted by Crippen LogP contribution is -2.25. The number of hydrogen-bond acceptors (Lipinski definition) is 3. The van der Waals surface area contributed by atoms with Gasteiger partial charge in [-0.1, -0.05) is 39.0 Å². The minimum Gasteiger partial charge on any atom is -0.309 e. The molecule has 1 aromatic heterocycles. The monoisotopic (exact) mass is 240 g/mol. The van der Waals surface area contributed by atoms with E-state index < -0.39 is 0 Å². The molecule has 1 N–H and O–H groups in total. The van der Waals surface area contributed by atoms with Gasteiger partial charge >= 0.3 is 0 Å². The van der Waals surface area contributed by atoms with Crippen LogP contribution in [0.4, 0.5) is 0 Å². The number of rotatable bonds is 9. The van der Waals surface area contributed by atoms with Crippen LogP contribution in [0.5, 0.6) is 0 Å². The molecule has 2 nitrogen and oxygen atoms in total. The normalized spacial score (nSPS) is 12.9. The van der Waals surface area contributed by atoms with Crippen molar-refractivity contribution in [2.75, 3.05) is 0 Å². The van der Waals surface area contributed by atoms with Crippen LogP contribution < -0.4 is 5.32 Å². The van der Waals surface area contributed by atoms with Gasteiger partial charge in [-0.3, -0.25) is 0 Å². The van der Waals surface area contributed by atoms with Crippen molar-refractivity contribution < 1.29 is 0 Å². The lowest BCUT2D eigenvalue weighted by atomic mass is 10.1. The number of nitrogens with zero attached hydrogens (tertiary/aromatic N) is 1. The van der Waals surface area contributed by atoms with Gasteiger partial charge in [-0.15, -0.1) is 11.3 Å². The number of aromatic nitrogens is 1. The van der Waals surface area contributed by atoms with E-state index in [1.54, 1.807) is 11.3 Å². The minimum atomic E-state index is 0.614. The summed E-state index contributed by atoms with van der Waals surface area (Å²) in [7, 11) is 0. The predicted molar refractivity (Wildman–Crippen MR) is 71.8 cm³/mol. The van der Waals surface area contributed by atoms with Gasteiger partial charge in [-0.05, 0) is 13.3 Å². The summed E-state index contributed by atoms with van der Waals surface area (Å²) < 4.78 is 0. The number of unbranched alkanes of at least 4 members (excludes halogenated alkanes) is 4. The molecule has 1 rings (SSSR count). The molecular formula is C13H24N2S. The number of thiazole rings is 1. The highest BCUT2D eigenvalue weighted by molar-refractivity contribution is 7.07. The summed E-state index contributed by atoms with van der Waals surface area (Å²) in [5.41, 5.74) is 3.06. The van der Waals surface area contributed by atoms with E-state index in [1.165, 1.54) is 44.2 Å². The zero-order valence-corrected chi connectivity index (χ0v) is 11.4. The van der Waals surface area contributed by atoms with Crippen LogP contribution in [0.15, 0.2) is 10.9 Å². The van der Waals surface area contributed by atoms with Crippen molar-refractivity contribution >= 4 is 11.3 Å². The SMILES string of the molecule is CCCCCCCC(C)NCc1cscn1. The van der Waals surface area contributed by atoms with Crippen LogP contribution in [-0.4, -0.2) is 11.0 Å². The molecule has 16 heavy (non-hydrogen) atoms. The molecule has 3 heteroatoms. The molecule has 0 amide bonds. The second kappa shape index (κ2) is 8.71. The molecular weight excluding hydrogens is 216 g/mol. The van der Waals surface area contributed by atoms with Gasteiger partial charge in [-0.25, -0.2) is 4.98 Å². The van der Waals surface area contributed by atoms with Crippen molar-refractivity contribution in [3.05, 3.63) is 16.6 Å². The fourth-order valence-electron chi connectivity index (χ4n) is 1.76. The first kappa shape index (κ1) is 13.7. The van der Waals surface area contributed by atoms with Crippen molar-refractivity contribution in [1.82, 2.24) is 10.3 Å². The number of hydrogen-bond donors (Lipinski definition) is 1. The standard InChI is InChI=1S/C13H24N2S/c1-3-4-5-6-7-8-12(2)14-9-13-10-16-11-15-13/h10-12,14H,3-9H2,1-2H3. The average Bonchev–Trinajstić information content (AvgIpc) is 2.79. The Morgan fingerprint density at radius 2 is 2.12 bits per heavy atom. The zero-order chi connectivity index (χ0) is 11.6. The molecule has 1 unspecified atom stereocenters. The average molecular weight is 240 g/mol. The Labute approximate surface area is 103 Å². The van der Waals surface area contributed by atoms with E-state index in [0.717, 1.165) is 6.54 Å². The van der Waals surface area contributed by atoms with Crippen LogP contribution in [0, 0.1) is 0 Å². The summed E-state index contributed by atoms with van der Waals surface area (Å²) in [6, 6.07) is 0.614. The molecule has 92 valence electrons. The van der Waals surface area contributed by atoms with Crippen molar-refractivity contribution in [3.63, 3.8) is 0 Å². The molecule has 0 aliphatic carbocycles. The predicted octanol–water partition coefficient (Wildman–Crippen LogP) is 3.98. The first-order chi connectivity index (χ1) is 7.83. The Balaban J connectivity index is 1.96. The van der Waals surface area contributed by atoms with Gasteiger partial charge in [-0.2, -0.15) is 0 Å². The maximum atomic E-state index is 4.27. The molecule has 0 saturated carbocycles. The Morgan fingerprint density at radius 1 is 1.31 bits per heavy atom. The zero-order valence-electron chi connectivity index (χ0n) is 10.5. The quantitative estimate of drug-likeness (QED) is 0.660. The number of nitrogens with one attached hydrogen (secondary N) is 1. The van der Waals surface area contributed by atoms with E-state index in [1.807, 2.05) is 5.51 Å². The highest BCUT2D eigenvalue weighted by Gasteiger charge is 2.02. The maximum absolute atomic E-state index is 4.27. The summed E-state index contributed by atoms with van der Waals surface area (Å²) in [6.07, 6.45) is 8.14. The largest absolute Gasteiger partial charge is 0.309 e. The molecule has 0 spiro atoms. The Morgan fingerprint density at radius 3 is 2.81 bits per heavy atom. The van der Waals surface area contributed by atoms with Crippen LogP contribution in [0.1, 0.15) is 58.1 Å². The van der Waals surface area contributed by atoms with Crippen molar-refractivity contribution in [2.45, 2.75) is 65.0 Å². The first-order valence-corrected chi connectivity index (χ1v) is 7.37. The Kier molecular flexibility index (Phi) is 7.43. The van der Waals surface area contributed by atoms with Gasteiger partial charge in [0.15, 0.2) is 0 Å². The molecule has 0 fully saturated rings. The van der Waals surface area contributed by atoms with Gasteiger partial charge in [0.05, 0.1) is 11.2 Å². The maximum Gasteiger partial charge on any atom is 0.0795 e. The third-order valence-electron chi connectivity index (χ3n) is 2.86. The van der Waals surface area contributed by atoms with Gasteiger partial charge in [0.1, 0.15) is 0 Å². The van der Waals surface area contributed by atoms with Gasteiger partial charge in [0, 0.05) is 18.0 Å². The lowest BCUT2D eigenvalue weighted by molar-refractivity contribution is 0.477. The van der Waals surface area contributed by atoms with Crippen molar-refractivity contribution in [1.29, 1.82) is 0 Å². The highest BCUT2D eigenvalue weighted by Crippen LogP contribution is 2.08. The van der Waals surface area contributed by atoms with Gasteiger partial charge in [0.2, 0.25) is 0 Å². The van der Waals surface area contributed by atoms with Crippen molar-refractivity contribution in [2.24, 2.45) is 0 Å². The summed E-state index contributed by atoms with van der Waals surface area (Å²) in [5.74, 6) is 0. The Hall–Kier alpha value is -0.410. The van der Waals surface area contributed by atoms with E-state index in [2.05, 4.69) is 29.5 Å². The molecule has 0 bridgehead atoms. The fraction of sp³-hybridized carbons (Fsp3) is 0.769. The third-order valence-corrected chi connectivity index (χ3v) is 3.49. The summed E-state index contributed by atoms with van der Waals surface area (Å²) in [4.78, 5) is 4.27. The second-order valence-corrected chi connectivity index (χ2v) is 5.18. The third kappa shape index (κ3) is 6.23. The molecule has 0 aliphatic heterocycles. The molecule has 0 radical (unpaired) electrons. The fourth-order valence-corrected chi connectivity index (χ4v) is 2.32. The van der Waals surface area contributed by atoms with Crippen LogP contribution in [0.2, 0.25) is 0 Å². The summed E-state index contributed by atoms with van der Waals surface area (Å²) in [5, 5.41) is 5.63. The van der Waals surface area contributed by atoms with Crippen molar-refractivity contribution in [3.8, 4) is 0 Å². The summed E-state index contributed by atoms with van der Waals surface area (Å²) in [6.45, 7) is 5.45. The molecule has 0 saturated heterocycles. The van der Waals surface area contributed by atoms with E-state index in [9.17, 15) is 0 Å². The van der Waals surface area contributed by atoms with Crippen LogP contribution in [0.3, 0.4) is 0 Å². The highest BCUT2D eigenvalue weighted by atomic mass is 32.1. The van der Waals surface area contributed by atoms with Gasteiger partial charge < -0.3 is 5.32 Å². The molecule has 1 heterocycles. The minimum absolute atomic E-state index is 0.614. The molecule has 1 aromatic rings. The van der Waals surface area contributed by atoms with E-state index >= 15 is 0 Å². The smallest absolute Gasteiger partial charge is 0.0795 e. The lowest BCUT2D eigenvalue weighted by Gasteiger charge is -2.12. The molecule has 0 aromatic carbocycles. The first-order valence-electron chi connectivity index (χ1n) is 6.43. The van der Waals surface area contributed by atoms with E-state index in [0.29, 0.717) is 6.04 Å². The second-order valence-electron chi connectivity index (χ2n) is 4.46. The van der Waals surface area contributed by atoms with Crippen LogP contribution in [0.25, 0.3) is 0 Å². The summed E-state index contributed by atoms with van der Waals surface area (Å²) >= 11 is 1.67. The van der Waals surface area contributed by atoms with E-state index in [-0.39, 0.29) is 0 Å². The Bertz CT molecular complexity index is 246. The van der Waals surface area contributed by atoms with E-state index in [4.69, 9.17) is 0 Å². The topological polar surface area (TPSA) is 24.9 Å². The molecule has 0 aliphatic rings.